The molecule has 0 aliphatic heterocycles. The van der Waals surface area contributed by atoms with Gasteiger partial charge in [-0.2, -0.15) is 0 Å². The SMILES string of the molecule is CC(OC(=O)c1cccc(Cl)c1)c1cccc([N+](=O)[O-])c1. The number of halogens is 1. The molecule has 2 aromatic rings. The molecule has 108 valence electrons. The van der Waals surface area contributed by atoms with Gasteiger partial charge < -0.3 is 4.74 Å². The molecule has 2 aromatic carbocycles. The summed E-state index contributed by atoms with van der Waals surface area (Å²) in [7, 11) is 0. The van der Waals surface area contributed by atoms with Crippen LogP contribution in [0.5, 0.6) is 0 Å². The normalized spacial score (nSPS) is 11.7. The molecule has 21 heavy (non-hydrogen) atoms. The van der Waals surface area contributed by atoms with Gasteiger partial charge in [-0.15, -0.1) is 0 Å². The fourth-order valence-corrected chi connectivity index (χ4v) is 1.99. The van der Waals surface area contributed by atoms with Crippen molar-refractivity contribution in [3.05, 3.63) is 74.8 Å². The Kier molecular flexibility index (Phi) is 4.55. The van der Waals surface area contributed by atoms with Crippen LogP contribution < -0.4 is 0 Å². The summed E-state index contributed by atoms with van der Waals surface area (Å²) < 4.78 is 5.29. The lowest BCUT2D eigenvalue weighted by molar-refractivity contribution is -0.385. The summed E-state index contributed by atoms with van der Waals surface area (Å²) in [5.41, 5.74) is 0.845. The first kappa shape index (κ1) is 15.0. The predicted octanol–water partition coefficient (Wildman–Crippen LogP) is 4.17. The molecule has 0 heterocycles. The molecule has 0 spiro atoms. The van der Waals surface area contributed by atoms with E-state index < -0.39 is 17.0 Å². The van der Waals surface area contributed by atoms with Gasteiger partial charge in [0.25, 0.3) is 5.69 Å². The Balaban J connectivity index is 2.14. The second kappa shape index (κ2) is 6.37. The van der Waals surface area contributed by atoms with E-state index in [1.807, 2.05) is 0 Å². The van der Waals surface area contributed by atoms with Crippen LogP contribution in [0.15, 0.2) is 48.5 Å². The first-order valence-corrected chi connectivity index (χ1v) is 6.56. The van der Waals surface area contributed by atoms with E-state index in [1.165, 1.54) is 18.2 Å². The van der Waals surface area contributed by atoms with Gasteiger partial charge in [0.1, 0.15) is 6.10 Å². The first-order chi connectivity index (χ1) is 9.97. The summed E-state index contributed by atoms with van der Waals surface area (Å²) in [6, 6.07) is 12.4. The highest BCUT2D eigenvalue weighted by Gasteiger charge is 2.16. The summed E-state index contributed by atoms with van der Waals surface area (Å²) in [5.74, 6) is -0.531. The topological polar surface area (TPSA) is 69.4 Å². The molecule has 0 fully saturated rings. The summed E-state index contributed by atoms with van der Waals surface area (Å²) in [5, 5.41) is 11.2. The van der Waals surface area contributed by atoms with E-state index in [0.717, 1.165) is 0 Å². The maximum Gasteiger partial charge on any atom is 0.338 e. The molecule has 0 amide bonds. The molecule has 0 saturated carbocycles. The summed E-state index contributed by atoms with van der Waals surface area (Å²) in [6.45, 7) is 1.65. The Morgan fingerprint density at radius 3 is 2.62 bits per heavy atom. The number of ether oxygens (including phenoxy) is 1. The van der Waals surface area contributed by atoms with Gasteiger partial charge in [0.15, 0.2) is 0 Å². The molecule has 1 unspecified atom stereocenters. The van der Waals surface area contributed by atoms with Crippen LogP contribution in [0.3, 0.4) is 0 Å². The van der Waals surface area contributed by atoms with Crippen LogP contribution in [0, 0.1) is 10.1 Å². The Morgan fingerprint density at radius 1 is 1.24 bits per heavy atom. The quantitative estimate of drug-likeness (QED) is 0.483. The van der Waals surface area contributed by atoms with Crippen molar-refractivity contribution in [2.75, 3.05) is 0 Å². The Labute approximate surface area is 126 Å². The second-order valence-corrected chi connectivity index (χ2v) is 4.85. The van der Waals surface area contributed by atoms with Gasteiger partial charge >= 0.3 is 5.97 Å². The van der Waals surface area contributed by atoms with Crippen LogP contribution in [0.4, 0.5) is 5.69 Å². The van der Waals surface area contributed by atoms with Gasteiger partial charge in [-0.3, -0.25) is 10.1 Å². The van der Waals surface area contributed by atoms with Gasteiger partial charge in [-0.25, -0.2) is 4.79 Å². The van der Waals surface area contributed by atoms with E-state index >= 15 is 0 Å². The minimum absolute atomic E-state index is 0.0434. The lowest BCUT2D eigenvalue weighted by Crippen LogP contribution is -2.09. The number of non-ortho nitro benzene ring substituents is 1. The van der Waals surface area contributed by atoms with Gasteiger partial charge in [-0.05, 0) is 30.7 Å². The van der Waals surface area contributed by atoms with Crippen LogP contribution >= 0.6 is 11.6 Å². The van der Waals surface area contributed by atoms with E-state index in [-0.39, 0.29) is 5.69 Å². The summed E-state index contributed by atoms with van der Waals surface area (Å²) in [6.07, 6.45) is -0.601. The van der Waals surface area contributed by atoms with E-state index in [0.29, 0.717) is 16.1 Å². The number of hydrogen-bond acceptors (Lipinski definition) is 4. The van der Waals surface area contributed by atoms with Gasteiger partial charge in [0, 0.05) is 17.2 Å². The van der Waals surface area contributed by atoms with Crippen molar-refractivity contribution >= 4 is 23.3 Å². The number of carbonyl (C=O) groups is 1. The molecule has 0 aliphatic carbocycles. The third-order valence-corrected chi connectivity index (χ3v) is 3.13. The number of nitrogens with zero attached hydrogens (tertiary/aromatic N) is 1. The molecule has 1 atom stereocenters. The van der Waals surface area contributed by atoms with E-state index in [1.54, 1.807) is 37.3 Å². The highest BCUT2D eigenvalue weighted by Crippen LogP contribution is 2.23. The standard InChI is InChI=1S/C15H12ClNO4/c1-10(11-4-3-7-14(9-11)17(19)20)21-15(18)12-5-2-6-13(16)8-12/h2-10H,1H3. The van der Waals surface area contributed by atoms with Crippen molar-refractivity contribution < 1.29 is 14.5 Å². The van der Waals surface area contributed by atoms with Crippen LogP contribution in [-0.2, 0) is 4.74 Å². The van der Waals surface area contributed by atoms with Crippen molar-refractivity contribution in [3.8, 4) is 0 Å². The third kappa shape index (κ3) is 3.79. The van der Waals surface area contributed by atoms with Crippen LogP contribution in [0.2, 0.25) is 5.02 Å². The first-order valence-electron chi connectivity index (χ1n) is 6.18. The van der Waals surface area contributed by atoms with E-state index in [9.17, 15) is 14.9 Å². The van der Waals surface area contributed by atoms with Crippen molar-refractivity contribution in [2.24, 2.45) is 0 Å². The number of esters is 1. The highest BCUT2D eigenvalue weighted by atomic mass is 35.5. The van der Waals surface area contributed by atoms with Crippen molar-refractivity contribution in [1.29, 1.82) is 0 Å². The Hall–Kier alpha value is -2.40. The van der Waals surface area contributed by atoms with Gasteiger partial charge in [0.2, 0.25) is 0 Å². The van der Waals surface area contributed by atoms with Gasteiger partial charge in [0.05, 0.1) is 10.5 Å². The molecular formula is C15H12ClNO4. The van der Waals surface area contributed by atoms with Crippen molar-refractivity contribution in [1.82, 2.24) is 0 Å². The second-order valence-electron chi connectivity index (χ2n) is 4.41. The average molecular weight is 306 g/mol. The molecule has 0 aromatic heterocycles. The third-order valence-electron chi connectivity index (χ3n) is 2.89. The molecule has 0 aliphatic rings. The number of carbonyl (C=O) groups excluding carboxylic acids is 1. The summed E-state index contributed by atoms with van der Waals surface area (Å²) >= 11 is 5.82. The monoisotopic (exact) mass is 305 g/mol. The maximum atomic E-state index is 12.0. The average Bonchev–Trinajstić information content (AvgIpc) is 2.47. The minimum Gasteiger partial charge on any atom is -0.454 e. The smallest absolute Gasteiger partial charge is 0.338 e. The number of nitro groups is 1. The largest absolute Gasteiger partial charge is 0.454 e. The molecule has 6 heteroatoms. The number of benzene rings is 2. The highest BCUT2D eigenvalue weighted by molar-refractivity contribution is 6.30. The van der Waals surface area contributed by atoms with Crippen molar-refractivity contribution in [2.45, 2.75) is 13.0 Å². The van der Waals surface area contributed by atoms with Gasteiger partial charge in [-0.1, -0.05) is 29.8 Å². The molecule has 5 nitrogen and oxygen atoms in total. The van der Waals surface area contributed by atoms with E-state index in [2.05, 4.69) is 0 Å². The maximum absolute atomic E-state index is 12.0. The lowest BCUT2D eigenvalue weighted by atomic mass is 10.1. The molecule has 2 rings (SSSR count). The van der Waals surface area contributed by atoms with Crippen LogP contribution in [0.25, 0.3) is 0 Å². The lowest BCUT2D eigenvalue weighted by Gasteiger charge is -2.13. The molecule has 0 saturated heterocycles. The fourth-order valence-electron chi connectivity index (χ4n) is 1.80. The zero-order valence-electron chi connectivity index (χ0n) is 11.2. The molecule has 0 N–H and O–H groups in total. The zero-order valence-corrected chi connectivity index (χ0v) is 11.9. The Morgan fingerprint density at radius 2 is 1.95 bits per heavy atom. The minimum atomic E-state index is -0.601. The summed E-state index contributed by atoms with van der Waals surface area (Å²) in [4.78, 5) is 22.2. The van der Waals surface area contributed by atoms with Crippen LogP contribution in [-0.4, -0.2) is 10.9 Å². The Bertz CT molecular complexity index is 687. The van der Waals surface area contributed by atoms with E-state index in [4.69, 9.17) is 16.3 Å². The van der Waals surface area contributed by atoms with Crippen LogP contribution in [0.1, 0.15) is 28.9 Å². The zero-order chi connectivity index (χ0) is 15.4. The molecule has 0 bridgehead atoms. The fraction of sp³-hybridized carbons (Fsp3) is 0.133. The predicted molar refractivity (Wildman–Crippen MR) is 78.4 cm³/mol. The number of nitro benzene ring substituents is 1. The molecule has 0 radical (unpaired) electrons. The number of hydrogen-bond donors (Lipinski definition) is 0. The molecular weight excluding hydrogens is 294 g/mol. The van der Waals surface area contributed by atoms with Crippen molar-refractivity contribution in [3.63, 3.8) is 0 Å². The number of rotatable bonds is 4.